The highest BCUT2D eigenvalue weighted by atomic mass is 16.1. The monoisotopic (exact) mass is 218 g/mol. The van der Waals surface area contributed by atoms with Crippen LogP contribution in [0.15, 0.2) is 30.3 Å². The van der Waals surface area contributed by atoms with Gasteiger partial charge < -0.3 is 4.79 Å². The molecule has 0 spiro atoms. The highest BCUT2D eigenvalue weighted by molar-refractivity contribution is 5.78. The third kappa shape index (κ3) is 4.39. The van der Waals surface area contributed by atoms with Gasteiger partial charge >= 0.3 is 0 Å². The average molecular weight is 218 g/mol. The second-order valence-corrected chi connectivity index (χ2v) is 4.02. The van der Waals surface area contributed by atoms with Crippen LogP contribution in [-0.2, 0) is 16.0 Å². The molecule has 1 aromatic carbocycles. The van der Waals surface area contributed by atoms with Gasteiger partial charge in [0.2, 0.25) is 0 Å². The van der Waals surface area contributed by atoms with Crippen LogP contribution in [0.3, 0.4) is 0 Å². The maximum absolute atomic E-state index is 11.2. The van der Waals surface area contributed by atoms with Crippen molar-refractivity contribution in [2.24, 2.45) is 5.92 Å². The largest absolute Gasteiger partial charge is 0.303 e. The molecule has 16 heavy (non-hydrogen) atoms. The van der Waals surface area contributed by atoms with Crippen LogP contribution in [0, 0.1) is 5.92 Å². The Morgan fingerprint density at radius 2 is 2.00 bits per heavy atom. The van der Waals surface area contributed by atoms with Crippen LogP contribution in [0.5, 0.6) is 0 Å². The van der Waals surface area contributed by atoms with Gasteiger partial charge in [-0.25, -0.2) is 0 Å². The number of hydrogen-bond acceptors (Lipinski definition) is 2. The van der Waals surface area contributed by atoms with Gasteiger partial charge in [-0.05, 0) is 18.4 Å². The summed E-state index contributed by atoms with van der Waals surface area (Å²) in [5.41, 5.74) is 1.16. The van der Waals surface area contributed by atoms with Gasteiger partial charge in [0.1, 0.15) is 12.1 Å². The summed E-state index contributed by atoms with van der Waals surface area (Å²) < 4.78 is 0. The molecule has 0 saturated heterocycles. The van der Waals surface area contributed by atoms with E-state index in [4.69, 9.17) is 0 Å². The van der Waals surface area contributed by atoms with E-state index in [0.29, 0.717) is 19.3 Å². The van der Waals surface area contributed by atoms with Crippen LogP contribution < -0.4 is 0 Å². The van der Waals surface area contributed by atoms with Crippen molar-refractivity contribution in [3.63, 3.8) is 0 Å². The molecule has 0 aliphatic heterocycles. The number of benzene rings is 1. The van der Waals surface area contributed by atoms with Crippen LogP contribution in [-0.4, -0.2) is 12.1 Å². The lowest BCUT2D eigenvalue weighted by Gasteiger charge is -2.09. The summed E-state index contributed by atoms with van der Waals surface area (Å²) in [7, 11) is 0. The number of Topliss-reactive ketones (excluding diaryl/α,β-unsaturated/α-hetero) is 1. The number of hydrogen-bond donors (Lipinski definition) is 0. The standard InChI is InChI=1S/C14H18O2/c1-2-14(16)9-8-13(11-15)10-12-6-4-3-5-7-12/h3-7,11,13H,2,8-10H2,1H3. The molecule has 0 amide bonds. The lowest BCUT2D eigenvalue weighted by Crippen LogP contribution is -2.09. The minimum absolute atomic E-state index is 0.0297. The summed E-state index contributed by atoms with van der Waals surface area (Å²) in [5, 5.41) is 0. The molecule has 2 heteroatoms. The summed E-state index contributed by atoms with van der Waals surface area (Å²) >= 11 is 0. The first-order valence-corrected chi connectivity index (χ1v) is 5.77. The van der Waals surface area contributed by atoms with Crippen molar-refractivity contribution in [2.45, 2.75) is 32.6 Å². The summed E-state index contributed by atoms with van der Waals surface area (Å²) in [5.74, 6) is 0.206. The number of carbonyl (C=O) groups excluding carboxylic acids is 2. The molecule has 0 fully saturated rings. The van der Waals surface area contributed by atoms with Gasteiger partial charge in [0.05, 0.1) is 0 Å². The fourth-order valence-corrected chi connectivity index (χ4v) is 1.66. The summed E-state index contributed by atoms with van der Waals surface area (Å²) in [6.07, 6.45) is 3.46. The Hall–Kier alpha value is -1.44. The molecule has 0 heterocycles. The van der Waals surface area contributed by atoms with Gasteiger partial charge in [-0.1, -0.05) is 37.3 Å². The normalized spacial score (nSPS) is 12.1. The van der Waals surface area contributed by atoms with Crippen molar-refractivity contribution in [1.29, 1.82) is 0 Å². The van der Waals surface area contributed by atoms with Crippen molar-refractivity contribution in [2.75, 3.05) is 0 Å². The van der Waals surface area contributed by atoms with E-state index in [0.717, 1.165) is 18.3 Å². The zero-order chi connectivity index (χ0) is 11.8. The number of rotatable bonds is 7. The molecular formula is C14H18O2. The van der Waals surface area contributed by atoms with Gasteiger partial charge in [0.25, 0.3) is 0 Å². The van der Waals surface area contributed by atoms with E-state index in [2.05, 4.69) is 0 Å². The second-order valence-electron chi connectivity index (χ2n) is 4.02. The Bertz CT molecular complexity index is 330. The molecule has 0 aromatic heterocycles. The summed E-state index contributed by atoms with van der Waals surface area (Å²) in [6.45, 7) is 1.86. The molecule has 0 aliphatic carbocycles. The van der Waals surface area contributed by atoms with E-state index < -0.39 is 0 Å². The molecule has 1 atom stereocenters. The van der Waals surface area contributed by atoms with Gasteiger partial charge in [-0.15, -0.1) is 0 Å². The predicted molar refractivity (Wildman–Crippen MR) is 64.2 cm³/mol. The number of carbonyl (C=O) groups is 2. The molecule has 0 bridgehead atoms. The van der Waals surface area contributed by atoms with E-state index in [-0.39, 0.29) is 11.7 Å². The second kappa shape index (κ2) is 6.94. The van der Waals surface area contributed by atoms with Crippen molar-refractivity contribution in [3.05, 3.63) is 35.9 Å². The van der Waals surface area contributed by atoms with Gasteiger partial charge in [-0.3, -0.25) is 4.79 Å². The number of ketones is 1. The fraction of sp³-hybridized carbons (Fsp3) is 0.429. The zero-order valence-electron chi connectivity index (χ0n) is 9.69. The predicted octanol–water partition coefficient (Wildman–Crippen LogP) is 2.80. The van der Waals surface area contributed by atoms with E-state index in [1.807, 2.05) is 37.3 Å². The molecule has 1 rings (SSSR count). The molecule has 2 nitrogen and oxygen atoms in total. The van der Waals surface area contributed by atoms with Crippen LogP contribution in [0.2, 0.25) is 0 Å². The molecule has 0 aliphatic rings. The highest BCUT2D eigenvalue weighted by Crippen LogP contribution is 2.12. The van der Waals surface area contributed by atoms with E-state index >= 15 is 0 Å². The molecule has 86 valence electrons. The Labute approximate surface area is 96.7 Å². The third-order valence-electron chi connectivity index (χ3n) is 2.72. The Kier molecular flexibility index (Phi) is 5.48. The van der Waals surface area contributed by atoms with E-state index in [1.54, 1.807) is 0 Å². The van der Waals surface area contributed by atoms with Crippen molar-refractivity contribution < 1.29 is 9.59 Å². The van der Waals surface area contributed by atoms with Crippen molar-refractivity contribution in [1.82, 2.24) is 0 Å². The lowest BCUT2D eigenvalue weighted by molar-refractivity contribution is -0.119. The SMILES string of the molecule is CCC(=O)CCC(C=O)Cc1ccccc1. The molecule has 1 unspecified atom stereocenters. The first-order valence-electron chi connectivity index (χ1n) is 5.77. The zero-order valence-corrected chi connectivity index (χ0v) is 9.69. The Balaban J connectivity index is 2.43. The molecule has 0 N–H and O–H groups in total. The molecular weight excluding hydrogens is 200 g/mol. The van der Waals surface area contributed by atoms with Crippen molar-refractivity contribution >= 4 is 12.1 Å². The summed E-state index contributed by atoms with van der Waals surface area (Å²) in [6, 6.07) is 9.92. The molecule has 1 aromatic rings. The Morgan fingerprint density at radius 3 is 2.56 bits per heavy atom. The van der Waals surface area contributed by atoms with Crippen LogP contribution in [0.25, 0.3) is 0 Å². The minimum Gasteiger partial charge on any atom is -0.303 e. The van der Waals surface area contributed by atoms with Crippen molar-refractivity contribution in [3.8, 4) is 0 Å². The maximum Gasteiger partial charge on any atom is 0.132 e. The molecule has 0 radical (unpaired) electrons. The quantitative estimate of drug-likeness (QED) is 0.659. The van der Waals surface area contributed by atoms with E-state index in [9.17, 15) is 9.59 Å². The third-order valence-corrected chi connectivity index (χ3v) is 2.72. The van der Waals surface area contributed by atoms with E-state index in [1.165, 1.54) is 0 Å². The molecule has 0 saturated carbocycles. The summed E-state index contributed by atoms with van der Waals surface area (Å²) in [4.78, 5) is 22.1. The van der Waals surface area contributed by atoms with Gasteiger partial charge in [0.15, 0.2) is 0 Å². The average Bonchev–Trinajstić information content (AvgIpc) is 2.35. The smallest absolute Gasteiger partial charge is 0.132 e. The van der Waals surface area contributed by atoms with Gasteiger partial charge in [-0.2, -0.15) is 0 Å². The number of aldehydes is 1. The topological polar surface area (TPSA) is 34.1 Å². The minimum atomic E-state index is -0.0297. The van der Waals surface area contributed by atoms with Crippen LogP contribution >= 0.6 is 0 Å². The highest BCUT2D eigenvalue weighted by Gasteiger charge is 2.10. The lowest BCUT2D eigenvalue weighted by atomic mass is 9.95. The first-order chi connectivity index (χ1) is 7.76. The van der Waals surface area contributed by atoms with Crippen LogP contribution in [0.4, 0.5) is 0 Å². The van der Waals surface area contributed by atoms with Gasteiger partial charge in [0, 0.05) is 18.8 Å². The van der Waals surface area contributed by atoms with Crippen LogP contribution in [0.1, 0.15) is 31.7 Å². The first kappa shape index (κ1) is 12.6. The Morgan fingerprint density at radius 1 is 1.31 bits per heavy atom. The fourth-order valence-electron chi connectivity index (χ4n) is 1.66. The maximum atomic E-state index is 11.2.